The van der Waals surface area contributed by atoms with E-state index in [1.807, 2.05) is 0 Å². The van der Waals surface area contributed by atoms with Crippen molar-refractivity contribution in [1.29, 1.82) is 0 Å². The average Bonchev–Trinajstić information content (AvgIpc) is 2.19. The van der Waals surface area contributed by atoms with Gasteiger partial charge in [-0.3, -0.25) is 4.90 Å². The summed E-state index contributed by atoms with van der Waals surface area (Å²) in [6.07, 6.45) is 4.78. The van der Waals surface area contributed by atoms with Crippen LogP contribution in [0.15, 0.2) is 0 Å². The van der Waals surface area contributed by atoms with Gasteiger partial charge in [-0.15, -0.1) is 0 Å². The van der Waals surface area contributed by atoms with Crippen LogP contribution < -0.4 is 0 Å². The van der Waals surface area contributed by atoms with Gasteiger partial charge in [0.05, 0.1) is 13.5 Å². The van der Waals surface area contributed by atoms with Crippen LogP contribution in [0, 0.1) is 5.92 Å². The van der Waals surface area contributed by atoms with E-state index in [0.717, 1.165) is 13.0 Å². The van der Waals surface area contributed by atoms with Crippen LogP contribution in [0.5, 0.6) is 0 Å². The molecule has 1 unspecified atom stereocenters. The van der Waals surface area contributed by atoms with E-state index in [2.05, 4.69) is 13.8 Å². The van der Waals surface area contributed by atoms with E-state index in [0.29, 0.717) is 5.92 Å². The molecule has 0 radical (unpaired) electrons. The van der Waals surface area contributed by atoms with Gasteiger partial charge >= 0.3 is 0 Å². The Balaban J connectivity index is 3.67. The largest absolute Gasteiger partial charge is 0.381 e. The highest BCUT2D eigenvalue weighted by Crippen LogP contribution is 2.13. The maximum absolute atomic E-state index is 8.86. The first-order valence-electron chi connectivity index (χ1n) is 5.22. The van der Waals surface area contributed by atoms with Crippen LogP contribution in [0.2, 0.25) is 0 Å². The van der Waals surface area contributed by atoms with E-state index in [-0.39, 0.29) is 13.5 Å². The molecular weight excluding hydrogens is 166 g/mol. The van der Waals surface area contributed by atoms with Crippen LogP contribution in [0.1, 0.15) is 39.5 Å². The van der Waals surface area contributed by atoms with Gasteiger partial charge in [0.25, 0.3) is 0 Å². The Hall–Kier alpha value is -0.120. The predicted octanol–water partition coefficient (Wildman–Crippen LogP) is 1.40. The summed E-state index contributed by atoms with van der Waals surface area (Å²) in [6.45, 7) is 5.07. The lowest BCUT2D eigenvalue weighted by molar-refractivity contribution is 0.0166. The molecule has 0 aromatic carbocycles. The lowest BCUT2D eigenvalue weighted by Crippen LogP contribution is -2.31. The number of hydrogen-bond acceptors (Lipinski definition) is 3. The Morgan fingerprint density at radius 1 is 1.15 bits per heavy atom. The third-order valence-electron chi connectivity index (χ3n) is 2.46. The van der Waals surface area contributed by atoms with Crippen molar-refractivity contribution in [2.24, 2.45) is 5.92 Å². The SMILES string of the molecule is CCCCC(CC)CN(CO)CO. The molecule has 0 heterocycles. The lowest BCUT2D eigenvalue weighted by atomic mass is 9.99. The molecule has 3 nitrogen and oxygen atoms in total. The van der Waals surface area contributed by atoms with E-state index in [1.165, 1.54) is 19.3 Å². The molecule has 1 atom stereocenters. The Morgan fingerprint density at radius 2 is 1.77 bits per heavy atom. The van der Waals surface area contributed by atoms with Gasteiger partial charge in [0.2, 0.25) is 0 Å². The summed E-state index contributed by atoms with van der Waals surface area (Å²) in [7, 11) is 0. The van der Waals surface area contributed by atoms with E-state index >= 15 is 0 Å². The van der Waals surface area contributed by atoms with Gasteiger partial charge in [-0.2, -0.15) is 0 Å². The van der Waals surface area contributed by atoms with Crippen molar-refractivity contribution in [3.05, 3.63) is 0 Å². The van der Waals surface area contributed by atoms with Crippen LogP contribution in [-0.2, 0) is 0 Å². The summed E-state index contributed by atoms with van der Waals surface area (Å²) < 4.78 is 0. The number of hydrogen-bond donors (Lipinski definition) is 2. The van der Waals surface area contributed by atoms with Crippen molar-refractivity contribution in [3.8, 4) is 0 Å². The van der Waals surface area contributed by atoms with Crippen molar-refractivity contribution < 1.29 is 10.2 Å². The standard InChI is InChI=1S/C10H23NO2/c1-3-5-6-10(4-2)7-11(8-12)9-13/h10,12-13H,3-9H2,1-2H3. The van der Waals surface area contributed by atoms with Crippen LogP contribution in [0.4, 0.5) is 0 Å². The fourth-order valence-electron chi connectivity index (χ4n) is 1.44. The Morgan fingerprint density at radius 3 is 2.15 bits per heavy atom. The summed E-state index contributed by atoms with van der Waals surface area (Å²) in [5.74, 6) is 0.610. The number of unbranched alkanes of at least 4 members (excludes halogenated alkanes) is 1. The summed E-state index contributed by atoms with van der Waals surface area (Å²) in [5, 5.41) is 17.7. The van der Waals surface area contributed by atoms with E-state index in [1.54, 1.807) is 4.90 Å². The first-order valence-corrected chi connectivity index (χ1v) is 5.22. The molecule has 80 valence electrons. The summed E-state index contributed by atoms with van der Waals surface area (Å²) in [4.78, 5) is 1.66. The van der Waals surface area contributed by atoms with Gasteiger partial charge in [0.15, 0.2) is 0 Å². The molecule has 2 N–H and O–H groups in total. The summed E-state index contributed by atoms with van der Waals surface area (Å²) in [6, 6.07) is 0. The molecule has 0 saturated carbocycles. The second-order valence-electron chi connectivity index (χ2n) is 3.55. The molecule has 0 amide bonds. The van der Waals surface area contributed by atoms with Crippen molar-refractivity contribution in [2.75, 3.05) is 20.0 Å². The van der Waals surface area contributed by atoms with Gasteiger partial charge in [0.1, 0.15) is 0 Å². The van der Waals surface area contributed by atoms with Gasteiger partial charge in [-0.25, -0.2) is 0 Å². The normalized spacial score (nSPS) is 13.6. The minimum atomic E-state index is -0.0425. The third kappa shape index (κ3) is 6.02. The minimum absolute atomic E-state index is 0.0425. The van der Waals surface area contributed by atoms with Crippen LogP contribution in [-0.4, -0.2) is 35.1 Å². The quantitative estimate of drug-likeness (QED) is 0.567. The second kappa shape index (κ2) is 8.48. The number of nitrogens with zero attached hydrogens (tertiary/aromatic N) is 1. The zero-order chi connectivity index (χ0) is 10.1. The fourth-order valence-corrected chi connectivity index (χ4v) is 1.44. The van der Waals surface area contributed by atoms with Crippen LogP contribution in [0.3, 0.4) is 0 Å². The first kappa shape index (κ1) is 12.9. The predicted molar refractivity (Wildman–Crippen MR) is 54.2 cm³/mol. The molecule has 0 saturated heterocycles. The molecule has 3 heteroatoms. The highest BCUT2D eigenvalue weighted by atomic mass is 16.3. The molecule has 0 aliphatic heterocycles. The molecule has 0 aromatic heterocycles. The summed E-state index contributed by atoms with van der Waals surface area (Å²) >= 11 is 0. The molecule has 0 aliphatic rings. The van der Waals surface area contributed by atoms with Gasteiger partial charge in [-0.05, 0) is 12.3 Å². The molecule has 0 fully saturated rings. The van der Waals surface area contributed by atoms with Crippen molar-refractivity contribution >= 4 is 0 Å². The second-order valence-corrected chi connectivity index (χ2v) is 3.55. The molecule has 0 bridgehead atoms. The van der Waals surface area contributed by atoms with Gasteiger partial charge < -0.3 is 10.2 Å². The van der Waals surface area contributed by atoms with Crippen molar-refractivity contribution in [3.63, 3.8) is 0 Å². The topological polar surface area (TPSA) is 43.7 Å². The molecule has 0 aromatic rings. The van der Waals surface area contributed by atoms with E-state index in [4.69, 9.17) is 10.2 Å². The van der Waals surface area contributed by atoms with Crippen LogP contribution >= 0.6 is 0 Å². The average molecular weight is 189 g/mol. The maximum Gasteiger partial charge on any atom is 0.0974 e. The van der Waals surface area contributed by atoms with Crippen molar-refractivity contribution in [2.45, 2.75) is 39.5 Å². The fraction of sp³-hybridized carbons (Fsp3) is 1.00. The van der Waals surface area contributed by atoms with E-state index in [9.17, 15) is 0 Å². The van der Waals surface area contributed by atoms with Crippen LogP contribution in [0.25, 0.3) is 0 Å². The zero-order valence-corrected chi connectivity index (χ0v) is 8.87. The molecule has 0 spiro atoms. The van der Waals surface area contributed by atoms with Crippen molar-refractivity contribution in [1.82, 2.24) is 4.90 Å². The lowest BCUT2D eigenvalue weighted by Gasteiger charge is -2.22. The Labute approximate surface area is 81.4 Å². The summed E-state index contributed by atoms with van der Waals surface area (Å²) in [5.41, 5.74) is 0. The maximum atomic E-state index is 8.86. The molecule has 13 heavy (non-hydrogen) atoms. The molecule has 0 aliphatic carbocycles. The first-order chi connectivity index (χ1) is 6.28. The monoisotopic (exact) mass is 189 g/mol. The number of rotatable bonds is 8. The highest BCUT2D eigenvalue weighted by molar-refractivity contribution is 4.61. The zero-order valence-electron chi connectivity index (χ0n) is 8.87. The molecule has 0 rings (SSSR count). The van der Waals surface area contributed by atoms with Gasteiger partial charge in [-0.1, -0.05) is 33.1 Å². The molecular formula is C10H23NO2. The third-order valence-corrected chi connectivity index (χ3v) is 2.46. The highest BCUT2D eigenvalue weighted by Gasteiger charge is 2.10. The Bertz CT molecular complexity index is 105. The number of aliphatic hydroxyl groups excluding tert-OH is 2. The van der Waals surface area contributed by atoms with E-state index < -0.39 is 0 Å². The number of aliphatic hydroxyl groups is 2. The van der Waals surface area contributed by atoms with Gasteiger partial charge in [0, 0.05) is 6.54 Å². The smallest absolute Gasteiger partial charge is 0.0974 e. The Kier molecular flexibility index (Phi) is 8.40. The minimum Gasteiger partial charge on any atom is -0.381 e.